The van der Waals surface area contributed by atoms with Crippen LogP contribution in [0.25, 0.3) is 0 Å². The number of aromatic nitrogens is 1. The highest BCUT2D eigenvalue weighted by Gasteiger charge is 2.38. The molecule has 0 radical (unpaired) electrons. The quantitative estimate of drug-likeness (QED) is 0.416. The van der Waals surface area contributed by atoms with Gasteiger partial charge in [-0.25, -0.2) is 0 Å². The fourth-order valence-electron chi connectivity index (χ4n) is 4.18. The van der Waals surface area contributed by atoms with E-state index < -0.39 is 0 Å². The molecule has 3 rings (SSSR count). The van der Waals surface area contributed by atoms with E-state index in [0.717, 1.165) is 48.9 Å². The normalized spacial score (nSPS) is 26.0. The van der Waals surface area contributed by atoms with Crippen molar-refractivity contribution in [3.05, 3.63) is 30.1 Å². The summed E-state index contributed by atoms with van der Waals surface area (Å²) >= 11 is 0. The molecule has 1 aromatic rings. The summed E-state index contributed by atoms with van der Waals surface area (Å²) in [6, 6.07) is 6.05. The molecule has 2 N–H and O–H groups in total. The lowest BCUT2D eigenvalue weighted by atomic mass is 9.86. The summed E-state index contributed by atoms with van der Waals surface area (Å²) in [5.41, 5.74) is 1.12. The summed E-state index contributed by atoms with van der Waals surface area (Å²) in [6.45, 7) is 1.90. The van der Waals surface area contributed by atoms with Gasteiger partial charge in [0.15, 0.2) is 5.96 Å². The van der Waals surface area contributed by atoms with Crippen LogP contribution >= 0.6 is 24.0 Å². The van der Waals surface area contributed by atoms with Gasteiger partial charge in [-0.3, -0.25) is 9.98 Å². The number of hydrogen-bond acceptors (Lipinski definition) is 2. The van der Waals surface area contributed by atoms with Crippen LogP contribution in [0.1, 0.15) is 37.8 Å². The van der Waals surface area contributed by atoms with Gasteiger partial charge in [-0.15, -0.1) is 24.0 Å². The van der Waals surface area contributed by atoms with E-state index in [1.54, 1.807) is 0 Å². The van der Waals surface area contributed by atoms with Crippen LogP contribution < -0.4 is 10.6 Å². The van der Waals surface area contributed by atoms with Gasteiger partial charge >= 0.3 is 0 Å². The highest BCUT2D eigenvalue weighted by Crippen LogP contribution is 2.49. The number of nitrogens with zero attached hydrogens (tertiary/aromatic N) is 2. The summed E-state index contributed by atoms with van der Waals surface area (Å²) in [5.74, 6) is 3.94. The second kappa shape index (κ2) is 9.45. The zero-order valence-corrected chi connectivity index (χ0v) is 16.3. The van der Waals surface area contributed by atoms with Crippen molar-refractivity contribution < 1.29 is 0 Å². The Labute approximate surface area is 157 Å². The molecule has 4 nitrogen and oxygen atoms in total. The average Bonchev–Trinajstić information content (AvgIpc) is 3.17. The predicted molar refractivity (Wildman–Crippen MR) is 106 cm³/mol. The van der Waals surface area contributed by atoms with Gasteiger partial charge in [-0.2, -0.15) is 0 Å². The first-order chi connectivity index (χ1) is 10.8. The van der Waals surface area contributed by atoms with E-state index in [4.69, 9.17) is 0 Å². The molecule has 2 saturated carbocycles. The van der Waals surface area contributed by atoms with Crippen molar-refractivity contribution >= 4 is 29.9 Å². The standard InChI is InChI=1S/C18H28N4.HI/c1-19-18(22-11-8-17-4-2-3-9-20-17)21-10-7-16-13-14-5-6-15(16)12-14;/h2-4,9,14-16H,5-8,10-13H2,1H3,(H2,19,21,22);1H. The van der Waals surface area contributed by atoms with Crippen LogP contribution in [-0.4, -0.2) is 31.1 Å². The first-order valence-corrected chi connectivity index (χ1v) is 8.69. The number of guanidine groups is 1. The first-order valence-electron chi connectivity index (χ1n) is 8.69. The van der Waals surface area contributed by atoms with Crippen LogP contribution in [0.2, 0.25) is 0 Å². The summed E-state index contributed by atoms with van der Waals surface area (Å²) in [7, 11) is 1.84. The number of halogens is 1. The molecule has 0 saturated heterocycles. The van der Waals surface area contributed by atoms with Gasteiger partial charge in [0.1, 0.15) is 0 Å². The van der Waals surface area contributed by atoms with Gasteiger partial charge < -0.3 is 10.6 Å². The molecule has 2 bridgehead atoms. The van der Waals surface area contributed by atoms with Crippen LogP contribution in [0.3, 0.4) is 0 Å². The van der Waals surface area contributed by atoms with Crippen LogP contribution in [0.4, 0.5) is 0 Å². The summed E-state index contributed by atoms with van der Waals surface area (Å²) in [5, 5.41) is 6.84. The zero-order chi connectivity index (χ0) is 15.2. The van der Waals surface area contributed by atoms with Gasteiger partial charge in [0.2, 0.25) is 0 Å². The fraction of sp³-hybridized carbons (Fsp3) is 0.667. The molecule has 3 unspecified atom stereocenters. The van der Waals surface area contributed by atoms with Gasteiger partial charge in [0, 0.05) is 38.4 Å². The van der Waals surface area contributed by atoms with Crippen molar-refractivity contribution in [2.75, 3.05) is 20.1 Å². The molecule has 2 fully saturated rings. The largest absolute Gasteiger partial charge is 0.356 e. The molecule has 0 spiro atoms. The Morgan fingerprint density at radius 3 is 2.74 bits per heavy atom. The summed E-state index contributed by atoms with van der Waals surface area (Å²) < 4.78 is 0. The van der Waals surface area contributed by atoms with Crippen molar-refractivity contribution in [3.8, 4) is 0 Å². The van der Waals surface area contributed by atoms with Crippen molar-refractivity contribution in [2.24, 2.45) is 22.7 Å². The third kappa shape index (κ3) is 5.33. The number of nitrogens with one attached hydrogen (secondary N) is 2. The molecule has 2 aliphatic rings. The maximum atomic E-state index is 4.34. The molecule has 128 valence electrons. The highest BCUT2D eigenvalue weighted by molar-refractivity contribution is 14.0. The average molecular weight is 428 g/mol. The molecule has 2 aliphatic carbocycles. The Bertz CT molecular complexity index is 491. The van der Waals surface area contributed by atoms with E-state index in [1.165, 1.54) is 32.1 Å². The van der Waals surface area contributed by atoms with Crippen LogP contribution in [0.5, 0.6) is 0 Å². The number of hydrogen-bond donors (Lipinski definition) is 2. The number of rotatable bonds is 6. The van der Waals surface area contributed by atoms with Crippen LogP contribution in [0.15, 0.2) is 29.4 Å². The second-order valence-corrected chi connectivity index (χ2v) is 6.72. The summed E-state index contributed by atoms with van der Waals surface area (Å²) in [4.78, 5) is 8.64. The zero-order valence-electron chi connectivity index (χ0n) is 14.0. The van der Waals surface area contributed by atoms with E-state index in [-0.39, 0.29) is 24.0 Å². The molecule has 0 aromatic carbocycles. The van der Waals surface area contributed by atoms with Crippen molar-refractivity contribution in [2.45, 2.75) is 38.5 Å². The maximum Gasteiger partial charge on any atom is 0.190 e. The topological polar surface area (TPSA) is 49.3 Å². The van der Waals surface area contributed by atoms with E-state index >= 15 is 0 Å². The molecule has 1 heterocycles. The SMILES string of the molecule is CN=C(NCCc1ccccn1)NCCC1CC2CCC1C2.I. The Hall–Kier alpha value is -0.850. The minimum atomic E-state index is 0. The second-order valence-electron chi connectivity index (χ2n) is 6.72. The highest BCUT2D eigenvalue weighted by atomic mass is 127. The van der Waals surface area contributed by atoms with Gasteiger partial charge in [0.05, 0.1) is 0 Å². The molecular weight excluding hydrogens is 399 g/mol. The maximum absolute atomic E-state index is 4.34. The third-order valence-electron chi connectivity index (χ3n) is 5.32. The minimum Gasteiger partial charge on any atom is -0.356 e. The lowest BCUT2D eigenvalue weighted by molar-refractivity contribution is 0.315. The molecule has 23 heavy (non-hydrogen) atoms. The number of aliphatic imine (C=N–C) groups is 1. The fourth-order valence-corrected chi connectivity index (χ4v) is 4.18. The molecule has 1 aromatic heterocycles. The molecule has 0 aliphatic heterocycles. The lowest BCUT2D eigenvalue weighted by Crippen LogP contribution is -2.39. The lowest BCUT2D eigenvalue weighted by Gasteiger charge is -2.22. The molecular formula is C18H29IN4. The first kappa shape index (κ1) is 18.5. The minimum absolute atomic E-state index is 0. The monoisotopic (exact) mass is 428 g/mol. The van der Waals surface area contributed by atoms with Gasteiger partial charge in [-0.1, -0.05) is 12.5 Å². The predicted octanol–water partition coefficient (Wildman–Crippen LogP) is 3.23. The van der Waals surface area contributed by atoms with Crippen molar-refractivity contribution in [3.63, 3.8) is 0 Å². The Kier molecular flexibility index (Phi) is 7.59. The van der Waals surface area contributed by atoms with E-state index in [2.05, 4.69) is 26.7 Å². The Morgan fingerprint density at radius 2 is 2.09 bits per heavy atom. The van der Waals surface area contributed by atoms with E-state index in [9.17, 15) is 0 Å². The van der Waals surface area contributed by atoms with Crippen LogP contribution in [-0.2, 0) is 6.42 Å². The van der Waals surface area contributed by atoms with E-state index in [0.29, 0.717) is 0 Å². The molecule has 5 heteroatoms. The van der Waals surface area contributed by atoms with Gasteiger partial charge in [-0.05, 0) is 55.6 Å². The number of pyridine rings is 1. The Morgan fingerprint density at radius 1 is 1.22 bits per heavy atom. The van der Waals surface area contributed by atoms with Crippen molar-refractivity contribution in [1.29, 1.82) is 0 Å². The summed E-state index contributed by atoms with van der Waals surface area (Å²) in [6.07, 6.45) is 10.0. The molecule has 0 amide bonds. The smallest absolute Gasteiger partial charge is 0.190 e. The van der Waals surface area contributed by atoms with Gasteiger partial charge in [0.25, 0.3) is 0 Å². The van der Waals surface area contributed by atoms with E-state index in [1.807, 2.05) is 25.4 Å². The van der Waals surface area contributed by atoms with Crippen LogP contribution in [0, 0.1) is 17.8 Å². The molecule has 3 atom stereocenters. The van der Waals surface area contributed by atoms with Crippen molar-refractivity contribution in [1.82, 2.24) is 15.6 Å². The Balaban J connectivity index is 0.00000192. The third-order valence-corrected chi connectivity index (χ3v) is 5.32. The number of fused-ring (bicyclic) bond motifs is 2.